The minimum absolute atomic E-state index is 0.142. The molecule has 4 aromatic rings. The molecule has 1 N–H and O–H groups in total. The number of hydrogen-bond acceptors (Lipinski definition) is 5. The molecule has 1 aliphatic heterocycles. The molecule has 0 aliphatic carbocycles. The number of para-hydroxylation sites is 2. The van der Waals surface area contributed by atoms with E-state index >= 15 is 0 Å². The van der Waals surface area contributed by atoms with Gasteiger partial charge in [-0.15, -0.1) is 0 Å². The predicted molar refractivity (Wildman–Crippen MR) is 118 cm³/mol. The minimum Gasteiger partial charge on any atom is -0.477 e. The highest BCUT2D eigenvalue weighted by Gasteiger charge is 2.21. The molecule has 0 fully saturated rings. The number of benzene rings is 1. The fraction of sp³-hybridized carbons (Fsp3) is 0.304. The Balaban J connectivity index is 1.62. The van der Waals surface area contributed by atoms with Crippen LogP contribution in [0.4, 0.5) is 10.3 Å². The van der Waals surface area contributed by atoms with E-state index in [9.17, 15) is 9.18 Å². The number of anilines is 1. The van der Waals surface area contributed by atoms with Gasteiger partial charge in [0.1, 0.15) is 0 Å². The number of hydrogen-bond donors (Lipinski definition) is 1. The van der Waals surface area contributed by atoms with Crippen molar-refractivity contribution < 1.29 is 13.9 Å². The second-order valence-corrected chi connectivity index (χ2v) is 8.14. The molecule has 1 amide bonds. The van der Waals surface area contributed by atoms with E-state index in [1.807, 2.05) is 28.8 Å². The van der Waals surface area contributed by atoms with Crippen LogP contribution in [-0.4, -0.2) is 36.8 Å². The monoisotopic (exact) mass is 434 g/mol. The van der Waals surface area contributed by atoms with Crippen LogP contribution in [0.25, 0.3) is 22.3 Å². The van der Waals surface area contributed by atoms with Gasteiger partial charge in [-0.05, 0) is 37.0 Å². The van der Waals surface area contributed by atoms with Crippen LogP contribution in [0.5, 0.6) is 5.88 Å². The van der Waals surface area contributed by atoms with Crippen LogP contribution in [0, 0.1) is 11.9 Å². The first-order chi connectivity index (χ1) is 15.5. The normalized spacial score (nSPS) is 17.0. The molecule has 9 heteroatoms. The summed E-state index contributed by atoms with van der Waals surface area (Å²) in [5.41, 5.74) is 2.70. The standard InChI is InChI=1S/C23H23FN6O2/c1-14-6-5-9-32-22-16(12-25-29(22)2)18-10-15(11-20(24)26-18)21(31)28-23-27-17-7-3-4-8-19(17)30(23)13-14/h3-4,7-8,10-12,14H,5-6,9,13H2,1-2H3,(H,27,28,31)/t14-/m1/s1. The lowest BCUT2D eigenvalue weighted by molar-refractivity contribution is 0.102. The summed E-state index contributed by atoms with van der Waals surface area (Å²) >= 11 is 0. The summed E-state index contributed by atoms with van der Waals surface area (Å²) in [6.07, 6.45) is 3.33. The lowest BCUT2D eigenvalue weighted by Gasteiger charge is -2.16. The minimum atomic E-state index is -0.756. The Hall–Kier alpha value is -3.75. The van der Waals surface area contributed by atoms with Crippen molar-refractivity contribution in [1.29, 1.82) is 0 Å². The molecule has 1 aromatic carbocycles. The van der Waals surface area contributed by atoms with E-state index in [0.29, 0.717) is 36.5 Å². The summed E-state index contributed by atoms with van der Waals surface area (Å²) in [6.45, 7) is 3.34. The van der Waals surface area contributed by atoms with Crippen molar-refractivity contribution >= 4 is 22.9 Å². The first kappa shape index (κ1) is 20.2. The van der Waals surface area contributed by atoms with Crippen LogP contribution in [-0.2, 0) is 13.6 Å². The van der Waals surface area contributed by atoms with E-state index in [-0.39, 0.29) is 11.3 Å². The van der Waals surface area contributed by atoms with Crippen LogP contribution in [0.1, 0.15) is 30.1 Å². The van der Waals surface area contributed by atoms with Crippen molar-refractivity contribution in [2.75, 3.05) is 11.9 Å². The molecular weight excluding hydrogens is 411 g/mol. The van der Waals surface area contributed by atoms with E-state index in [2.05, 4.69) is 27.3 Å². The number of nitrogens with one attached hydrogen (secondary N) is 1. The van der Waals surface area contributed by atoms with Gasteiger partial charge in [0, 0.05) is 25.2 Å². The smallest absolute Gasteiger partial charge is 0.258 e. The van der Waals surface area contributed by atoms with E-state index in [4.69, 9.17) is 4.74 Å². The second-order valence-electron chi connectivity index (χ2n) is 8.14. The summed E-state index contributed by atoms with van der Waals surface area (Å²) < 4.78 is 24.0. The Labute approximate surface area is 184 Å². The first-order valence-corrected chi connectivity index (χ1v) is 10.6. The third kappa shape index (κ3) is 3.70. The van der Waals surface area contributed by atoms with Gasteiger partial charge in [-0.3, -0.25) is 10.1 Å². The lowest BCUT2D eigenvalue weighted by atomic mass is 10.1. The molecule has 5 rings (SSSR count). The molecule has 4 heterocycles. The highest BCUT2D eigenvalue weighted by atomic mass is 19.1. The summed E-state index contributed by atoms with van der Waals surface area (Å²) in [7, 11) is 1.76. The summed E-state index contributed by atoms with van der Waals surface area (Å²) in [6, 6.07) is 10.4. The van der Waals surface area contributed by atoms with E-state index in [1.165, 1.54) is 6.07 Å². The van der Waals surface area contributed by atoms with Crippen molar-refractivity contribution in [3.63, 3.8) is 0 Å². The van der Waals surface area contributed by atoms with E-state index < -0.39 is 11.9 Å². The zero-order valence-corrected chi connectivity index (χ0v) is 17.9. The molecule has 8 nitrogen and oxygen atoms in total. The largest absolute Gasteiger partial charge is 0.477 e. The van der Waals surface area contributed by atoms with Crippen LogP contribution in [0.3, 0.4) is 0 Å². The molecule has 0 saturated carbocycles. The molecule has 2 bridgehead atoms. The van der Waals surface area contributed by atoms with Gasteiger partial charge in [0.2, 0.25) is 17.8 Å². The average Bonchev–Trinajstić information content (AvgIpc) is 3.30. The van der Waals surface area contributed by atoms with Gasteiger partial charge in [0.25, 0.3) is 5.91 Å². The van der Waals surface area contributed by atoms with Crippen LogP contribution >= 0.6 is 0 Å². The maximum Gasteiger partial charge on any atom is 0.258 e. The SMILES string of the molecule is C[C@@H]1CCCOc2c(cnn2C)-c2cc(cc(F)n2)C(=O)Nc2nc3ccccc3n2C1. The number of nitrogens with zero attached hydrogens (tertiary/aromatic N) is 5. The Kier molecular flexibility index (Phi) is 5.08. The fourth-order valence-electron chi connectivity index (χ4n) is 4.07. The fourth-order valence-corrected chi connectivity index (χ4v) is 4.07. The molecule has 3 aromatic heterocycles. The van der Waals surface area contributed by atoms with Gasteiger partial charge >= 0.3 is 0 Å². The van der Waals surface area contributed by atoms with Gasteiger partial charge in [-0.25, -0.2) is 14.6 Å². The summed E-state index contributed by atoms with van der Waals surface area (Å²) in [5.74, 6) is 0.0425. The number of imidazole rings is 1. The molecule has 1 aliphatic rings. The number of pyridine rings is 1. The van der Waals surface area contributed by atoms with Crippen molar-refractivity contribution in [3.05, 3.63) is 54.1 Å². The number of amides is 1. The van der Waals surface area contributed by atoms with Crippen LogP contribution in [0.15, 0.2) is 42.6 Å². The number of rotatable bonds is 0. The third-order valence-electron chi connectivity index (χ3n) is 5.67. The van der Waals surface area contributed by atoms with Gasteiger partial charge < -0.3 is 9.30 Å². The Morgan fingerprint density at radius 1 is 1.22 bits per heavy atom. The Morgan fingerprint density at radius 3 is 2.94 bits per heavy atom. The number of halogens is 1. The molecule has 0 saturated heterocycles. The van der Waals surface area contributed by atoms with Crippen LogP contribution in [0.2, 0.25) is 0 Å². The maximum atomic E-state index is 14.4. The van der Waals surface area contributed by atoms with Crippen molar-refractivity contribution in [1.82, 2.24) is 24.3 Å². The van der Waals surface area contributed by atoms with Gasteiger partial charge in [0.05, 0.1) is 35.1 Å². The molecule has 0 spiro atoms. The summed E-state index contributed by atoms with van der Waals surface area (Å²) in [4.78, 5) is 21.7. The van der Waals surface area contributed by atoms with E-state index in [1.54, 1.807) is 17.9 Å². The molecule has 32 heavy (non-hydrogen) atoms. The predicted octanol–water partition coefficient (Wildman–Crippen LogP) is 4.03. The third-order valence-corrected chi connectivity index (χ3v) is 5.67. The number of fused-ring (bicyclic) bond motifs is 7. The number of ether oxygens (including phenoxy) is 1. The number of aryl methyl sites for hydroxylation is 1. The van der Waals surface area contributed by atoms with Gasteiger partial charge in [0.15, 0.2) is 0 Å². The van der Waals surface area contributed by atoms with Gasteiger partial charge in [-0.2, -0.15) is 9.49 Å². The van der Waals surface area contributed by atoms with Crippen molar-refractivity contribution in [3.8, 4) is 17.1 Å². The first-order valence-electron chi connectivity index (χ1n) is 10.6. The number of aromatic nitrogens is 5. The quantitative estimate of drug-likeness (QED) is 0.422. The van der Waals surface area contributed by atoms with Crippen molar-refractivity contribution in [2.24, 2.45) is 13.0 Å². The van der Waals surface area contributed by atoms with Crippen LogP contribution < -0.4 is 10.1 Å². The molecule has 164 valence electrons. The highest BCUT2D eigenvalue weighted by Crippen LogP contribution is 2.30. The second kappa shape index (κ2) is 8.07. The van der Waals surface area contributed by atoms with Crippen molar-refractivity contribution in [2.45, 2.75) is 26.3 Å². The number of carbonyl (C=O) groups is 1. The lowest BCUT2D eigenvalue weighted by Crippen LogP contribution is -2.18. The number of carbonyl (C=O) groups excluding carboxylic acids is 1. The zero-order chi connectivity index (χ0) is 22.2. The summed E-state index contributed by atoms with van der Waals surface area (Å²) in [5, 5.41) is 7.10. The Bertz CT molecular complexity index is 1310. The topological polar surface area (TPSA) is 86.9 Å². The molecule has 0 unspecified atom stereocenters. The Morgan fingerprint density at radius 2 is 2.06 bits per heavy atom. The average molecular weight is 434 g/mol. The van der Waals surface area contributed by atoms with Gasteiger partial charge in [-0.1, -0.05) is 19.1 Å². The maximum absolute atomic E-state index is 14.4. The highest BCUT2D eigenvalue weighted by molar-refractivity contribution is 6.04. The van der Waals surface area contributed by atoms with E-state index in [0.717, 1.165) is 29.9 Å². The zero-order valence-electron chi connectivity index (χ0n) is 17.9. The molecule has 1 atom stereocenters. The molecule has 0 radical (unpaired) electrons. The molecular formula is C23H23FN6O2.